The molecule has 0 aliphatic carbocycles. The number of carbonyl (C=O) groups is 5. The van der Waals surface area contributed by atoms with Gasteiger partial charge in [0.2, 0.25) is 11.8 Å². The minimum Gasteiger partial charge on any atom is -0.481 e. The Morgan fingerprint density at radius 2 is 1.68 bits per heavy atom. The summed E-state index contributed by atoms with van der Waals surface area (Å²) in [6.45, 7) is 14.2. The van der Waals surface area contributed by atoms with Crippen LogP contribution in [-0.4, -0.2) is 82.4 Å². The molecular weight excluding hydrogens is 695 g/mol. The molecule has 1 aliphatic rings. The van der Waals surface area contributed by atoms with Gasteiger partial charge in [-0.2, -0.15) is 0 Å². The molecule has 1 aliphatic heterocycles. The molecule has 2 aromatic rings. The number of carboxylic acids is 1. The number of hydrogen-bond donors (Lipinski definition) is 4. The molecule has 1 fully saturated rings. The van der Waals surface area contributed by atoms with Gasteiger partial charge in [0.05, 0.1) is 12.0 Å². The highest BCUT2D eigenvalue weighted by Gasteiger charge is 2.35. The van der Waals surface area contributed by atoms with E-state index >= 15 is 0 Å². The lowest BCUT2D eigenvalue weighted by Crippen LogP contribution is -2.57. The minimum atomic E-state index is -0.944. The zero-order valence-corrected chi connectivity index (χ0v) is 33.5. The van der Waals surface area contributed by atoms with Crippen LogP contribution in [0, 0.1) is 23.7 Å². The number of piperidine rings is 1. The van der Waals surface area contributed by atoms with Crippen molar-refractivity contribution in [3.8, 4) is 0 Å². The predicted molar refractivity (Wildman–Crippen MR) is 206 cm³/mol. The molecule has 1 aromatic carbocycles. The predicted octanol–water partition coefficient (Wildman–Crippen LogP) is 5.77. The highest BCUT2D eigenvalue weighted by Crippen LogP contribution is 2.30. The summed E-state index contributed by atoms with van der Waals surface area (Å²) in [6, 6.07) is 7.62. The van der Waals surface area contributed by atoms with E-state index in [1.54, 1.807) is 12.3 Å². The molecule has 3 amide bonds. The smallest absolute Gasteiger partial charge is 0.306 e. The van der Waals surface area contributed by atoms with E-state index < -0.39 is 48.0 Å². The van der Waals surface area contributed by atoms with Gasteiger partial charge in [-0.1, -0.05) is 91.6 Å². The Balaban J connectivity index is 1.83. The molecule has 0 radical (unpaired) electrons. The van der Waals surface area contributed by atoms with Crippen molar-refractivity contribution in [3.63, 3.8) is 0 Å². The summed E-state index contributed by atoms with van der Waals surface area (Å²) in [5.41, 5.74) is 1.10. The Morgan fingerprint density at radius 1 is 0.981 bits per heavy atom. The average molecular weight is 756 g/mol. The standard InChI is InChI=1S/C40H61N5O7S/c1-9-26(6)35(44-37(48)32-17-13-14-18-45(32)8)38(49)42-30(25(4)5)22-33(52-34(46)19-24(2)3)39-43-31(23-53-39)36(47)41-29(20-27(7)40(50)51)21-28-15-11-10-12-16-28/h10-12,15-16,23-27,29-30,32-33,35H,9,13-14,17-22H2,1-8H3,(H,41,47)(H,42,49)(H,44,48)(H,50,51). The van der Waals surface area contributed by atoms with Crippen molar-refractivity contribution in [3.05, 3.63) is 52.0 Å². The monoisotopic (exact) mass is 755 g/mol. The number of benzene rings is 1. The molecule has 13 heteroatoms. The van der Waals surface area contributed by atoms with Gasteiger partial charge in [0, 0.05) is 30.3 Å². The summed E-state index contributed by atoms with van der Waals surface area (Å²) in [5, 5.41) is 20.8. The Hall–Kier alpha value is -3.84. The summed E-state index contributed by atoms with van der Waals surface area (Å²) < 4.78 is 6.01. The largest absolute Gasteiger partial charge is 0.481 e. The molecule has 0 saturated carbocycles. The zero-order valence-electron chi connectivity index (χ0n) is 32.7. The first kappa shape index (κ1) is 43.6. The fourth-order valence-electron chi connectivity index (χ4n) is 6.52. The van der Waals surface area contributed by atoms with Crippen molar-refractivity contribution in [2.24, 2.45) is 23.7 Å². The molecular formula is C40H61N5O7S. The molecule has 1 saturated heterocycles. The molecule has 0 bridgehead atoms. The van der Waals surface area contributed by atoms with Crippen molar-refractivity contribution in [1.82, 2.24) is 25.8 Å². The number of esters is 1. The number of aliphatic carboxylic acids is 1. The third-order valence-corrected chi connectivity index (χ3v) is 11.0. The first-order valence-electron chi connectivity index (χ1n) is 19.1. The van der Waals surface area contributed by atoms with E-state index in [1.165, 1.54) is 11.3 Å². The lowest BCUT2D eigenvalue weighted by atomic mass is 9.94. The third-order valence-electron chi connectivity index (χ3n) is 10.1. The lowest BCUT2D eigenvalue weighted by Gasteiger charge is -2.34. The second-order valence-electron chi connectivity index (χ2n) is 15.4. The van der Waals surface area contributed by atoms with Gasteiger partial charge in [0.25, 0.3) is 5.91 Å². The fraction of sp³-hybridized carbons (Fsp3) is 0.650. The molecule has 53 heavy (non-hydrogen) atoms. The maximum atomic E-state index is 13.9. The summed E-state index contributed by atoms with van der Waals surface area (Å²) >= 11 is 1.19. The topological polar surface area (TPSA) is 167 Å². The van der Waals surface area contributed by atoms with Crippen molar-refractivity contribution < 1.29 is 33.8 Å². The molecule has 1 aromatic heterocycles. The van der Waals surface area contributed by atoms with Crippen LogP contribution >= 0.6 is 11.3 Å². The average Bonchev–Trinajstić information content (AvgIpc) is 3.60. The third kappa shape index (κ3) is 13.8. The van der Waals surface area contributed by atoms with Gasteiger partial charge in [0.15, 0.2) is 6.10 Å². The Morgan fingerprint density at radius 3 is 2.28 bits per heavy atom. The van der Waals surface area contributed by atoms with Crippen LogP contribution in [0.5, 0.6) is 0 Å². The number of rotatable bonds is 20. The van der Waals surface area contributed by atoms with Gasteiger partial charge in [-0.15, -0.1) is 11.3 Å². The van der Waals surface area contributed by atoms with Gasteiger partial charge in [-0.3, -0.25) is 28.9 Å². The number of thiazole rings is 1. The maximum Gasteiger partial charge on any atom is 0.306 e. The fourth-order valence-corrected chi connectivity index (χ4v) is 7.36. The van der Waals surface area contributed by atoms with Gasteiger partial charge >= 0.3 is 11.9 Å². The summed E-state index contributed by atoms with van der Waals surface area (Å²) in [4.78, 5) is 72.3. The van der Waals surface area contributed by atoms with E-state index in [1.807, 2.05) is 83.8 Å². The molecule has 4 N–H and O–H groups in total. The first-order valence-corrected chi connectivity index (χ1v) is 20.0. The number of aromatic nitrogens is 1. The van der Waals surface area contributed by atoms with Crippen LogP contribution in [0.15, 0.2) is 35.7 Å². The Bertz CT molecular complexity index is 1500. The minimum absolute atomic E-state index is 0.0548. The van der Waals surface area contributed by atoms with Gasteiger partial charge < -0.3 is 25.8 Å². The van der Waals surface area contributed by atoms with Crippen LogP contribution in [0.3, 0.4) is 0 Å². The van der Waals surface area contributed by atoms with E-state index in [0.29, 0.717) is 17.8 Å². The first-order chi connectivity index (χ1) is 25.1. The highest BCUT2D eigenvalue weighted by atomic mass is 32.1. The van der Waals surface area contributed by atoms with Crippen LogP contribution in [0.4, 0.5) is 0 Å². The van der Waals surface area contributed by atoms with E-state index in [9.17, 15) is 29.1 Å². The van der Waals surface area contributed by atoms with Crippen LogP contribution in [0.2, 0.25) is 0 Å². The van der Waals surface area contributed by atoms with Crippen molar-refractivity contribution in [2.45, 2.75) is 130 Å². The summed E-state index contributed by atoms with van der Waals surface area (Å²) in [7, 11) is 1.94. The molecule has 294 valence electrons. The molecule has 12 nitrogen and oxygen atoms in total. The van der Waals surface area contributed by atoms with Crippen LogP contribution < -0.4 is 16.0 Å². The van der Waals surface area contributed by atoms with Crippen LogP contribution in [0.25, 0.3) is 0 Å². The number of amides is 3. The number of hydrogen-bond acceptors (Lipinski definition) is 9. The van der Waals surface area contributed by atoms with E-state index in [-0.39, 0.29) is 60.6 Å². The Kier molecular flexibility index (Phi) is 17.4. The number of carboxylic acid groups (broad SMARTS) is 1. The van der Waals surface area contributed by atoms with Gasteiger partial charge in [-0.05, 0) is 62.6 Å². The van der Waals surface area contributed by atoms with Gasteiger partial charge in [-0.25, -0.2) is 4.98 Å². The normalized spacial score (nSPS) is 18.3. The lowest BCUT2D eigenvalue weighted by molar-refractivity contribution is -0.151. The van der Waals surface area contributed by atoms with Gasteiger partial charge in [0.1, 0.15) is 16.7 Å². The SMILES string of the molecule is CCC(C)C(NC(=O)C1CCCCN1C)C(=O)NC(CC(OC(=O)CC(C)C)c1nc(C(=O)NC(Cc2ccccc2)CC(C)C(=O)O)cs1)C(C)C. The quantitative estimate of drug-likeness (QED) is 0.123. The maximum absolute atomic E-state index is 13.9. The Labute approximate surface area is 319 Å². The van der Waals surface area contributed by atoms with Crippen molar-refractivity contribution in [1.29, 1.82) is 0 Å². The second-order valence-corrected chi connectivity index (χ2v) is 16.3. The molecule has 2 heterocycles. The number of carbonyl (C=O) groups excluding carboxylic acids is 4. The number of nitrogens with one attached hydrogen (secondary N) is 3. The van der Waals surface area contributed by atoms with Crippen molar-refractivity contribution in [2.75, 3.05) is 13.6 Å². The van der Waals surface area contributed by atoms with E-state index in [4.69, 9.17) is 4.74 Å². The molecule has 0 spiro atoms. The number of nitrogens with zero attached hydrogens (tertiary/aromatic N) is 2. The van der Waals surface area contributed by atoms with Crippen LogP contribution in [0.1, 0.15) is 121 Å². The molecule has 3 rings (SSSR count). The second kappa shape index (κ2) is 21.2. The van der Waals surface area contributed by atoms with E-state index in [0.717, 1.165) is 31.4 Å². The molecule has 7 atom stereocenters. The zero-order chi connectivity index (χ0) is 39.2. The number of likely N-dealkylation sites (N-methyl/N-ethyl adjacent to an activating group) is 1. The molecule has 7 unspecified atom stereocenters. The summed E-state index contributed by atoms with van der Waals surface area (Å²) in [5.74, 6) is -3.06. The van der Waals surface area contributed by atoms with Crippen molar-refractivity contribution >= 4 is 41.0 Å². The van der Waals surface area contributed by atoms with E-state index in [2.05, 4.69) is 20.9 Å². The van der Waals surface area contributed by atoms with Crippen LogP contribution in [-0.2, 0) is 30.3 Å². The highest BCUT2D eigenvalue weighted by molar-refractivity contribution is 7.09. The number of likely N-dealkylation sites (tertiary alicyclic amines) is 1. The number of ether oxygens (including phenoxy) is 1. The summed E-state index contributed by atoms with van der Waals surface area (Å²) in [6.07, 6.45) is 3.67.